The van der Waals surface area contributed by atoms with Crippen molar-refractivity contribution in [2.75, 3.05) is 13.6 Å². The van der Waals surface area contributed by atoms with Crippen molar-refractivity contribution in [3.05, 3.63) is 23.4 Å². The Bertz CT molecular complexity index is 381. The lowest BCUT2D eigenvalue weighted by Crippen LogP contribution is -2.41. The lowest BCUT2D eigenvalue weighted by atomic mass is 10.1. The van der Waals surface area contributed by atoms with Crippen molar-refractivity contribution in [2.45, 2.75) is 25.0 Å². The molecule has 0 N–H and O–H groups in total. The first kappa shape index (κ1) is 10.4. The number of hydrogen-bond donors (Lipinski definition) is 0. The largest absolute Gasteiger partial charge is 0.473 e. The predicted octanol–water partition coefficient (Wildman–Crippen LogP) is 2.21. The molecule has 3 rings (SSSR count). The minimum Gasteiger partial charge on any atom is -0.473 e. The van der Waals surface area contributed by atoms with E-state index in [1.54, 1.807) is 6.20 Å². The highest BCUT2D eigenvalue weighted by Gasteiger charge is 2.44. The van der Waals surface area contributed by atoms with Gasteiger partial charge in [-0.2, -0.15) is 0 Å². The molecule has 4 heteroatoms. The fraction of sp³-hybridized carbons (Fsp3) is 0.583. The number of rotatable bonds is 2. The van der Waals surface area contributed by atoms with Crippen molar-refractivity contribution in [2.24, 2.45) is 5.92 Å². The van der Waals surface area contributed by atoms with Crippen LogP contribution in [0.3, 0.4) is 0 Å². The van der Waals surface area contributed by atoms with Crippen LogP contribution in [0.2, 0.25) is 5.02 Å². The first-order chi connectivity index (χ1) is 7.72. The summed E-state index contributed by atoms with van der Waals surface area (Å²) < 4.78 is 5.92. The highest BCUT2D eigenvalue weighted by Crippen LogP contribution is 2.38. The number of likely N-dealkylation sites (N-methyl/N-ethyl adjacent to an activating group) is 1. The molecule has 3 unspecified atom stereocenters. The molecule has 1 saturated carbocycles. The first-order valence-corrected chi connectivity index (χ1v) is 6.08. The Kier molecular flexibility index (Phi) is 2.52. The highest BCUT2D eigenvalue weighted by atomic mass is 35.5. The monoisotopic (exact) mass is 238 g/mol. The third-order valence-electron chi connectivity index (χ3n) is 3.65. The Morgan fingerprint density at radius 2 is 2.31 bits per heavy atom. The van der Waals surface area contributed by atoms with E-state index in [9.17, 15) is 0 Å². The molecule has 3 atom stereocenters. The summed E-state index contributed by atoms with van der Waals surface area (Å²) in [6.45, 7) is 1.22. The lowest BCUT2D eigenvalue weighted by Gasteiger charge is -2.29. The van der Waals surface area contributed by atoms with E-state index in [1.165, 1.54) is 19.4 Å². The fourth-order valence-corrected chi connectivity index (χ4v) is 3.06. The molecule has 0 radical (unpaired) electrons. The fourth-order valence-electron chi connectivity index (χ4n) is 2.94. The van der Waals surface area contributed by atoms with Gasteiger partial charge in [-0.25, -0.2) is 4.98 Å². The number of likely N-dealkylation sites (tertiary alicyclic amines) is 1. The molecule has 1 aliphatic carbocycles. The molecule has 1 saturated heterocycles. The number of aromatic nitrogens is 1. The van der Waals surface area contributed by atoms with Gasteiger partial charge in [0.05, 0.1) is 5.02 Å². The zero-order valence-electron chi connectivity index (χ0n) is 9.27. The smallest absolute Gasteiger partial charge is 0.213 e. The molecule has 0 spiro atoms. The second-order valence-electron chi connectivity index (χ2n) is 4.82. The number of halogens is 1. The van der Waals surface area contributed by atoms with Crippen LogP contribution >= 0.6 is 11.6 Å². The molecule has 86 valence electrons. The Morgan fingerprint density at radius 1 is 1.44 bits per heavy atom. The lowest BCUT2D eigenvalue weighted by molar-refractivity contribution is 0.0869. The van der Waals surface area contributed by atoms with Crippen LogP contribution in [-0.2, 0) is 0 Å². The van der Waals surface area contributed by atoms with Crippen molar-refractivity contribution in [1.82, 2.24) is 9.88 Å². The minimum absolute atomic E-state index is 0.303. The number of fused-ring (bicyclic) bond motifs is 2. The molecule has 2 heterocycles. The zero-order chi connectivity index (χ0) is 11.1. The number of pyridine rings is 1. The topological polar surface area (TPSA) is 25.4 Å². The van der Waals surface area contributed by atoms with Crippen LogP contribution in [0.25, 0.3) is 0 Å². The van der Waals surface area contributed by atoms with Gasteiger partial charge in [-0.1, -0.05) is 11.6 Å². The summed E-state index contributed by atoms with van der Waals surface area (Å²) in [4.78, 5) is 6.58. The number of nitrogens with zero attached hydrogens (tertiary/aromatic N) is 2. The number of hydrogen-bond acceptors (Lipinski definition) is 3. The minimum atomic E-state index is 0.303. The molecule has 16 heavy (non-hydrogen) atoms. The van der Waals surface area contributed by atoms with Gasteiger partial charge in [-0.05, 0) is 31.9 Å². The molecule has 0 amide bonds. The Hall–Kier alpha value is -0.800. The molecule has 2 aliphatic rings. The van der Waals surface area contributed by atoms with Crippen LogP contribution < -0.4 is 4.74 Å². The Morgan fingerprint density at radius 3 is 2.94 bits per heavy atom. The second-order valence-corrected chi connectivity index (χ2v) is 5.25. The van der Waals surface area contributed by atoms with E-state index in [2.05, 4.69) is 16.9 Å². The molecule has 2 fully saturated rings. The first-order valence-electron chi connectivity index (χ1n) is 5.71. The molecule has 1 aromatic heterocycles. The summed E-state index contributed by atoms with van der Waals surface area (Å²) in [6.07, 6.45) is 4.37. The standard InChI is InChI=1S/C12H15ClN2O/c1-15-7-8-4-10(15)11(5-8)16-12-3-2-9(13)6-14-12/h2-3,6,8,10-11H,4-5,7H2,1H3. The van der Waals surface area contributed by atoms with Crippen molar-refractivity contribution < 1.29 is 4.74 Å². The Labute approximate surface area is 100 Å². The van der Waals surface area contributed by atoms with Crippen molar-refractivity contribution >= 4 is 11.6 Å². The van der Waals surface area contributed by atoms with E-state index < -0.39 is 0 Å². The molecule has 3 nitrogen and oxygen atoms in total. The van der Waals surface area contributed by atoms with E-state index in [4.69, 9.17) is 16.3 Å². The normalized spacial score (nSPS) is 33.2. The summed E-state index contributed by atoms with van der Waals surface area (Å²) in [5.41, 5.74) is 0. The van der Waals surface area contributed by atoms with Crippen LogP contribution in [0.1, 0.15) is 12.8 Å². The average Bonchev–Trinajstić information content (AvgIpc) is 2.80. The molecule has 0 aromatic carbocycles. The average molecular weight is 239 g/mol. The Balaban J connectivity index is 1.69. The van der Waals surface area contributed by atoms with Gasteiger partial charge in [0.1, 0.15) is 6.10 Å². The van der Waals surface area contributed by atoms with Gasteiger partial charge in [0.2, 0.25) is 5.88 Å². The molecule has 1 aromatic rings. The summed E-state index contributed by atoms with van der Waals surface area (Å²) in [5, 5.41) is 0.650. The van der Waals surface area contributed by atoms with E-state index in [-0.39, 0.29) is 0 Å². The maximum Gasteiger partial charge on any atom is 0.213 e. The van der Waals surface area contributed by atoms with Crippen LogP contribution in [0.15, 0.2) is 18.3 Å². The molecular formula is C12H15ClN2O. The quantitative estimate of drug-likeness (QED) is 0.790. The summed E-state index contributed by atoms with van der Waals surface area (Å²) >= 11 is 5.79. The van der Waals surface area contributed by atoms with Gasteiger partial charge in [0.15, 0.2) is 0 Å². The van der Waals surface area contributed by atoms with Crippen LogP contribution in [0, 0.1) is 5.92 Å². The highest BCUT2D eigenvalue weighted by molar-refractivity contribution is 6.30. The summed E-state index contributed by atoms with van der Waals surface area (Å²) in [6, 6.07) is 4.23. The predicted molar refractivity (Wildman–Crippen MR) is 62.8 cm³/mol. The van der Waals surface area contributed by atoms with Crippen LogP contribution in [0.5, 0.6) is 5.88 Å². The number of piperidine rings is 1. The zero-order valence-corrected chi connectivity index (χ0v) is 10.0. The van der Waals surface area contributed by atoms with Gasteiger partial charge >= 0.3 is 0 Å². The summed E-state index contributed by atoms with van der Waals surface area (Å²) in [5.74, 6) is 1.50. The van der Waals surface area contributed by atoms with Gasteiger partial charge < -0.3 is 4.74 Å². The third-order valence-corrected chi connectivity index (χ3v) is 3.88. The van der Waals surface area contributed by atoms with Crippen molar-refractivity contribution in [3.63, 3.8) is 0 Å². The van der Waals surface area contributed by atoms with Gasteiger partial charge in [-0.15, -0.1) is 0 Å². The van der Waals surface area contributed by atoms with Crippen molar-refractivity contribution in [3.8, 4) is 5.88 Å². The van der Waals surface area contributed by atoms with Crippen molar-refractivity contribution in [1.29, 1.82) is 0 Å². The second kappa shape index (κ2) is 3.90. The molecule has 2 bridgehead atoms. The van der Waals surface area contributed by atoms with Gasteiger partial charge in [0, 0.05) is 24.8 Å². The maximum atomic E-state index is 5.92. The van der Waals surface area contributed by atoms with E-state index in [0.29, 0.717) is 23.0 Å². The van der Waals surface area contributed by atoms with Crippen LogP contribution in [-0.4, -0.2) is 35.6 Å². The SMILES string of the molecule is CN1CC2CC(Oc3ccc(Cl)cn3)C1C2. The van der Waals surface area contributed by atoms with Gasteiger partial charge in [0.25, 0.3) is 0 Å². The van der Waals surface area contributed by atoms with Gasteiger partial charge in [-0.3, -0.25) is 4.90 Å². The van der Waals surface area contributed by atoms with E-state index >= 15 is 0 Å². The summed E-state index contributed by atoms with van der Waals surface area (Å²) in [7, 11) is 2.18. The third kappa shape index (κ3) is 1.78. The van der Waals surface area contributed by atoms with Crippen LogP contribution in [0.4, 0.5) is 0 Å². The van der Waals surface area contributed by atoms with E-state index in [1.807, 2.05) is 12.1 Å². The maximum absolute atomic E-state index is 5.92. The molecular weight excluding hydrogens is 224 g/mol. The number of ether oxygens (including phenoxy) is 1. The van der Waals surface area contributed by atoms with E-state index in [0.717, 1.165) is 5.92 Å². The molecule has 1 aliphatic heterocycles.